The number of carbonyl (C=O) groups excluding carboxylic acids is 1. The lowest BCUT2D eigenvalue weighted by molar-refractivity contribution is 0.0760. The highest BCUT2D eigenvalue weighted by Crippen LogP contribution is 2.18. The average molecular weight is 254 g/mol. The molecule has 0 radical (unpaired) electrons. The molecule has 2 heterocycles. The lowest BCUT2D eigenvalue weighted by atomic mass is 9.96. The molecule has 1 aromatic heterocycles. The number of aromatic amines is 1. The second kappa shape index (κ2) is 4.68. The Hall–Kier alpha value is -1.04. The van der Waals surface area contributed by atoms with Gasteiger partial charge in [0.2, 0.25) is 5.82 Å². The highest BCUT2D eigenvalue weighted by atomic mass is 32.2. The third kappa shape index (κ3) is 2.80. The van der Waals surface area contributed by atoms with E-state index in [1.165, 1.54) is 0 Å². The lowest BCUT2D eigenvalue weighted by Gasteiger charge is -2.25. The molecular formula is C11H18N4OS. The van der Waals surface area contributed by atoms with Crippen LogP contribution in [0.2, 0.25) is 0 Å². The van der Waals surface area contributed by atoms with Crippen LogP contribution in [0.1, 0.15) is 37.2 Å². The van der Waals surface area contributed by atoms with Gasteiger partial charge in [0.1, 0.15) is 5.82 Å². The zero-order valence-corrected chi connectivity index (χ0v) is 11.3. The van der Waals surface area contributed by atoms with Crippen molar-refractivity contribution in [3.8, 4) is 0 Å². The largest absolute Gasteiger partial charge is 0.334 e. The van der Waals surface area contributed by atoms with E-state index in [2.05, 4.69) is 15.2 Å². The second-order valence-corrected chi connectivity index (χ2v) is 6.39. The lowest BCUT2D eigenvalue weighted by Crippen LogP contribution is -2.38. The first-order chi connectivity index (χ1) is 7.98. The van der Waals surface area contributed by atoms with Gasteiger partial charge in [0.05, 0.1) is 0 Å². The van der Waals surface area contributed by atoms with Crippen molar-refractivity contribution < 1.29 is 4.79 Å². The third-order valence-electron chi connectivity index (χ3n) is 2.69. The van der Waals surface area contributed by atoms with E-state index in [-0.39, 0.29) is 11.3 Å². The molecule has 2 rings (SSSR count). The number of nitrogens with one attached hydrogen (secondary N) is 1. The molecule has 1 aliphatic rings. The topological polar surface area (TPSA) is 61.9 Å². The first-order valence-electron chi connectivity index (χ1n) is 5.78. The summed E-state index contributed by atoms with van der Waals surface area (Å²) in [6.45, 7) is 7.71. The summed E-state index contributed by atoms with van der Waals surface area (Å²) in [7, 11) is 0. The van der Waals surface area contributed by atoms with Gasteiger partial charge in [0.15, 0.2) is 0 Å². The highest BCUT2D eigenvalue weighted by molar-refractivity contribution is 7.99. The van der Waals surface area contributed by atoms with Crippen molar-refractivity contribution in [2.24, 2.45) is 0 Å². The molecule has 0 saturated carbocycles. The summed E-state index contributed by atoms with van der Waals surface area (Å²) >= 11 is 1.88. The maximum Gasteiger partial charge on any atom is 0.293 e. The van der Waals surface area contributed by atoms with Crippen molar-refractivity contribution in [3.05, 3.63) is 11.6 Å². The van der Waals surface area contributed by atoms with Crippen LogP contribution in [0.3, 0.4) is 0 Å². The number of amides is 1. The second-order valence-electron chi connectivity index (χ2n) is 5.16. The Kier molecular flexibility index (Phi) is 3.42. The minimum absolute atomic E-state index is 0.0583. The highest BCUT2D eigenvalue weighted by Gasteiger charge is 2.25. The molecule has 0 spiro atoms. The minimum Gasteiger partial charge on any atom is -0.334 e. The number of H-pyrrole nitrogens is 1. The van der Waals surface area contributed by atoms with Gasteiger partial charge < -0.3 is 4.90 Å². The van der Waals surface area contributed by atoms with Crippen molar-refractivity contribution in [1.82, 2.24) is 20.1 Å². The van der Waals surface area contributed by atoms with Crippen molar-refractivity contribution in [2.75, 3.05) is 24.6 Å². The van der Waals surface area contributed by atoms with Crippen LogP contribution in [0.25, 0.3) is 0 Å². The van der Waals surface area contributed by atoms with E-state index in [9.17, 15) is 4.79 Å². The van der Waals surface area contributed by atoms with Gasteiger partial charge in [-0.25, -0.2) is 4.98 Å². The van der Waals surface area contributed by atoms with Gasteiger partial charge in [-0.3, -0.25) is 9.89 Å². The molecule has 1 amide bonds. The number of hydrogen-bond acceptors (Lipinski definition) is 4. The summed E-state index contributed by atoms with van der Waals surface area (Å²) in [5.41, 5.74) is -0.108. The first-order valence-corrected chi connectivity index (χ1v) is 6.94. The molecule has 0 unspecified atom stereocenters. The van der Waals surface area contributed by atoms with Gasteiger partial charge in [0.25, 0.3) is 5.91 Å². The quantitative estimate of drug-likeness (QED) is 0.820. The van der Waals surface area contributed by atoms with Crippen LogP contribution >= 0.6 is 11.8 Å². The van der Waals surface area contributed by atoms with Crippen molar-refractivity contribution in [1.29, 1.82) is 0 Å². The Balaban J connectivity index is 2.11. The molecule has 1 N–H and O–H groups in total. The van der Waals surface area contributed by atoms with Crippen LogP contribution in [-0.2, 0) is 5.41 Å². The smallest absolute Gasteiger partial charge is 0.293 e. The predicted molar refractivity (Wildman–Crippen MR) is 68.3 cm³/mol. The molecule has 1 aromatic rings. The van der Waals surface area contributed by atoms with Crippen molar-refractivity contribution >= 4 is 17.7 Å². The summed E-state index contributed by atoms with van der Waals surface area (Å²) in [6.07, 6.45) is 0. The fourth-order valence-electron chi connectivity index (χ4n) is 1.60. The number of rotatable bonds is 1. The van der Waals surface area contributed by atoms with Crippen LogP contribution in [0.4, 0.5) is 0 Å². The summed E-state index contributed by atoms with van der Waals surface area (Å²) in [5, 5.41) is 6.88. The zero-order chi connectivity index (χ0) is 12.5. The Labute approximate surface area is 105 Å². The summed E-state index contributed by atoms with van der Waals surface area (Å²) in [6, 6.07) is 0. The molecule has 5 nitrogen and oxygen atoms in total. The van der Waals surface area contributed by atoms with E-state index >= 15 is 0 Å². The standard InChI is InChI=1S/C11H18N4OS/c1-11(2,3)10-12-8(13-14-10)9(16)15-4-6-17-7-5-15/h4-7H2,1-3H3,(H,12,13,14). The SMILES string of the molecule is CC(C)(C)c1nc(C(=O)N2CCSCC2)n[nH]1. The Bertz CT molecular complexity index is 404. The van der Waals surface area contributed by atoms with Crippen LogP contribution in [0.15, 0.2) is 0 Å². The molecule has 1 aliphatic heterocycles. The molecule has 6 heteroatoms. The van der Waals surface area contributed by atoms with Crippen LogP contribution in [-0.4, -0.2) is 50.6 Å². The molecule has 94 valence electrons. The van der Waals surface area contributed by atoms with E-state index in [1.807, 2.05) is 37.4 Å². The number of nitrogens with zero attached hydrogens (tertiary/aromatic N) is 3. The van der Waals surface area contributed by atoms with E-state index in [0.717, 1.165) is 30.4 Å². The van der Waals surface area contributed by atoms with E-state index < -0.39 is 0 Å². The minimum atomic E-state index is -0.108. The van der Waals surface area contributed by atoms with Gasteiger partial charge in [-0.1, -0.05) is 20.8 Å². The van der Waals surface area contributed by atoms with Crippen LogP contribution < -0.4 is 0 Å². The number of thioether (sulfide) groups is 1. The number of aromatic nitrogens is 3. The first kappa shape index (κ1) is 12.4. The van der Waals surface area contributed by atoms with Gasteiger partial charge in [-0.2, -0.15) is 11.8 Å². The summed E-state index contributed by atoms with van der Waals surface area (Å²) < 4.78 is 0. The Morgan fingerprint density at radius 2 is 2.00 bits per heavy atom. The van der Waals surface area contributed by atoms with Gasteiger partial charge >= 0.3 is 0 Å². The molecule has 0 atom stereocenters. The van der Waals surface area contributed by atoms with Gasteiger partial charge in [-0.15, -0.1) is 5.10 Å². The van der Waals surface area contributed by atoms with Gasteiger partial charge in [0, 0.05) is 30.0 Å². The maximum atomic E-state index is 12.1. The average Bonchev–Trinajstić information content (AvgIpc) is 2.78. The third-order valence-corrected chi connectivity index (χ3v) is 3.63. The summed E-state index contributed by atoms with van der Waals surface area (Å²) in [4.78, 5) is 18.2. The monoisotopic (exact) mass is 254 g/mol. The Morgan fingerprint density at radius 1 is 1.35 bits per heavy atom. The van der Waals surface area contributed by atoms with Crippen molar-refractivity contribution in [2.45, 2.75) is 26.2 Å². The van der Waals surface area contributed by atoms with E-state index in [1.54, 1.807) is 0 Å². The normalized spacial score (nSPS) is 17.2. The van der Waals surface area contributed by atoms with E-state index in [0.29, 0.717) is 5.82 Å². The molecule has 0 aliphatic carbocycles. The predicted octanol–water partition coefficient (Wildman–Crippen LogP) is 1.29. The molecule has 1 saturated heterocycles. The van der Waals surface area contributed by atoms with E-state index in [4.69, 9.17) is 0 Å². The molecule has 1 fully saturated rings. The summed E-state index contributed by atoms with van der Waals surface area (Å²) in [5.74, 6) is 3.00. The molecular weight excluding hydrogens is 236 g/mol. The van der Waals surface area contributed by atoms with Crippen LogP contribution in [0, 0.1) is 0 Å². The molecule has 0 aromatic carbocycles. The maximum absolute atomic E-state index is 12.1. The van der Waals surface area contributed by atoms with Crippen molar-refractivity contribution in [3.63, 3.8) is 0 Å². The fraction of sp³-hybridized carbons (Fsp3) is 0.727. The van der Waals surface area contributed by atoms with Gasteiger partial charge in [-0.05, 0) is 0 Å². The van der Waals surface area contributed by atoms with Crippen LogP contribution in [0.5, 0.6) is 0 Å². The fourth-order valence-corrected chi connectivity index (χ4v) is 2.50. The number of hydrogen-bond donors (Lipinski definition) is 1. The molecule has 17 heavy (non-hydrogen) atoms. The zero-order valence-electron chi connectivity index (χ0n) is 10.5. The molecule has 0 bridgehead atoms. The Morgan fingerprint density at radius 3 is 2.53 bits per heavy atom. The number of carbonyl (C=O) groups is 1.